The number of halogens is 6. The van der Waals surface area contributed by atoms with Crippen molar-refractivity contribution in [3.63, 3.8) is 0 Å². The number of carbonyl (C=O) groups excluding carboxylic acids is 2. The van der Waals surface area contributed by atoms with Crippen molar-refractivity contribution in [2.75, 3.05) is 26.7 Å². The minimum absolute atomic E-state index is 0.104. The van der Waals surface area contributed by atoms with E-state index in [9.17, 15) is 35.9 Å². The Bertz CT molecular complexity index is 1600. The van der Waals surface area contributed by atoms with Crippen LogP contribution in [0.1, 0.15) is 22.3 Å². The number of amides is 2. The molecule has 0 bridgehead atoms. The fourth-order valence-electron chi connectivity index (χ4n) is 4.59. The summed E-state index contributed by atoms with van der Waals surface area (Å²) in [6.07, 6.45) is -6.87. The van der Waals surface area contributed by atoms with E-state index >= 15 is 0 Å². The third-order valence-corrected chi connectivity index (χ3v) is 7.65. The summed E-state index contributed by atoms with van der Waals surface area (Å²) in [6.45, 7) is 0.897. The van der Waals surface area contributed by atoms with E-state index in [0.717, 1.165) is 17.8 Å². The van der Waals surface area contributed by atoms with Crippen molar-refractivity contribution in [2.45, 2.75) is 24.9 Å². The molecule has 0 saturated carbocycles. The van der Waals surface area contributed by atoms with Gasteiger partial charge in [-0.15, -0.1) is 0 Å². The molecule has 0 radical (unpaired) electrons. The number of amidine groups is 1. The second kappa shape index (κ2) is 11.4. The van der Waals surface area contributed by atoms with Gasteiger partial charge in [0.1, 0.15) is 6.04 Å². The van der Waals surface area contributed by atoms with E-state index < -0.39 is 42.0 Å². The van der Waals surface area contributed by atoms with Crippen LogP contribution in [0.4, 0.5) is 26.3 Å². The molecule has 1 unspecified atom stereocenters. The molecule has 1 fully saturated rings. The van der Waals surface area contributed by atoms with E-state index in [0.29, 0.717) is 45.7 Å². The summed E-state index contributed by atoms with van der Waals surface area (Å²) in [7, 11) is 1.33. The van der Waals surface area contributed by atoms with Crippen molar-refractivity contribution in [1.82, 2.24) is 25.5 Å². The van der Waals surface area contributed by atoms with E-state index in [1.807, 2.05) is 4.90 Å². The van der Waals surface area contributed by atoms with Gasteiger partial charge in [0.2, 0.25) is 0 Å². The molecular formula is C26H22F6N6O3S. The predicted octanol–water partition coefficient (Wildman–Crippen LogP) is 4.04. The minimum atomic E-state index is -4.99. The largest absolute Gasteiger partial charge is 0.416 e. The third kappa shape index (κ3) is 6.29. The van der Waals surface area contributed by atoms with E-state index in [2.05, 4.69) is 25.7 Å². The number of aromatic nitrogens is 2. The quantitative estimate of drug-likeness (QED) is 0.255. The van der Waals surface area contributed by atoms with Crippen molar-refractivity contribution in [3.8, 4) is 0 Å². The average Bonchev–Trinajstić information content (AvgIpc) is 3.50. The monoisotopic (exact) mass is 612 g/mol. The number of nitrogens with zero attached hydrogens (tertiary/aromatic N) is 4. The van der Waals surface area contributed by atoms with Crippen LogP contribution < -0.4 is 10.8 Å². The maximum Gasteiger partial charge on any atom is 0.416 e. The first-order valence-electron chi connectivity index (χ1n) is 12.4. The lowest BCUT2D eigenvalue weighted by Gasteiger charge is -2.33. The molecular weight excluding hydrogens is 590 g/mol. The number of benzene rings is 2. The Kier molecular flexibility index (Phi) is 8.04. The van der Waals surface area contributed by atoms with E-state index in [1.54, 1.807) is 24.3 Å². The molecule has 2 N–H and O–H groups in total. The molecule has 0 spiro atoms. The number of aliphatic imine (C=N–C) groups is 1. The summed E-state index contributed by atoms with van der Waals surface area (Å²) in [5, 5.41) is 8.21. The van der Waals surface area contributed by atoms with Crippen LogP contribution in [0.15, 0.2) is 52.5 Å². The van der Waals surface area contributed by atoms with Crippen molar-refractivity contribution >= 4 is 45.7 Å². The fraction of sp³-hybridized carbons (Fsp3) is 0.308. The average molecular weight is 613 g/mol. The van der Waals surface area contributed by atoms with Crippen molar-refractivity contribution < 1.29 is 40.8 Å². The van der Waals surface area contributed by atoms with Gasteiger partial charge in [-0.1, -0.05) is 12.1 Å². The number of hydrogen-bond donors (Lipinski definition) is 2. The molecule has 42 heavy (non-hydrogen) atoms. The summed E-state index contributed by atoms with van der Waals surface area (Å²) < 4.78 is 81.1. The number of hydrogen-bond acceptors (Lipinski definition) is 7. The highest BCUT2D eigenvalue weighted by Gasteiger charge is 2.38. The van der Waals surface area contributed by atoms with Gasteiger partial charge in [-0.05, 0) is 53.2 Å². The molecule has 5 rings (SSSR count). The SMILES string of the molecule is CONC(=O)C1CN(C2=NC(=O)/C(=C\c3ccc4c(cnn4Cc4ccc(C(F)(F)F)cc4C(F)(F)F)c3)S2)CCN1. The molecule has 2 aromatic carbocycles. The van der Waals surface area contributed by atoms with Crippen LogP contribution in [0.25, 0.3) is 17.0 Å². The van der Waals surface area contributed by atoms with Gasteiger partial charge in [0.15, 0.2) is 5.17 Å². The molecule has 0 aliphatic carbocycles. The van der Waals surface area contributed by atoms with E-state index in [1.165, 1.54) is 18.0 Å². The van der Waals surface area contributed by atoms with Gasteiger partial charge >= 0.3 is 12.4 Å². The lowest BCUT2D eigenvalue weighted by atomic mass is 10.0. The second-order valence-corrected chi connectivity index (χ2v) is 10.4. The zero-order valence-electron chi connectivity index (χ0n) is 21.7. The molecule has 9 nitrogen and oxygen atoms in total. The van der Waals surface area contributed by atoms with Gasteiger partial charge in [0.25, 0.3) is 11.8 Å². The molecule has 2 aliphatic rings. The molecule has 1 aromatic heterocycles. The molecule has 2 aliphatic heterocycles. The van der Waals surface area contributed by atoms with Crippen LogP contribution in [-0.2, 0) is 33.3 Å². The third-order valence-electron chi connectivity index (χ3n) is 6.60. The number of nitrogens with one attached hydrogen (secondary N) is 2. The summed E-state index contributed by atoms with van der Waals surface area (Å²) in [6, 6.07) is 5.90. The molecule has 16 heteroatoms. The number of piperazine rings is 1. The Hall–Kier alpha value is -3.89. The highest BCUT2D eigenvalue weighted by atomic mass is 32.2. The summed E-state index contributed by atoms with van der Waals surface area (Å²) in [4.78, 5) is 35.7. The van der Waals surface area contributed by atoms with Crippen LogP contribution in [0.5, 0.6) is 0 Å². The minimum Gasteiger partial charge on any atom is -0.347 e. The van der Waals surface area contributed by atoms with E-state index in [4.69, 9.17) is 0 Å². The fourth-order valence-corrected chi connectivity index (χ4v) is 5.54. The zero-order valence-corrected chi connectivity index (χ0v) is 22.5. The second-order valence-electron chi connectivity index (χ2n) is 9.42. The Morgan fingerprint density at radius 2 is 1.95 bits per heavy atom. The van der Waals surface area contributed by atoms with Gasteiger partial charge in [-0.3, -0.25) is 19.1 Å². The van der Waals surface area contributed by atoms with Gasteiger partial charge in [-0.2, -0.15) is 36.4 Å². The van der Waals surface area contributed by atoms with Gasteiger partial charge in [0.05, 0.1) is 41.4 Å². The Labute approximate surface area is 238 Å². The van der Waals surface area contributed by atoms with Crippen LogP contribution in [0.2, 0.25) is 0 Å². The number of fused-ring (bicyclic) bond motifs is 1. The van der Waals surface area contributed by atoms with Crippen LogP contribution >= 0.6 is 11.8 Å². The first kappa shape index (κ1) is 29.6. The molecule has 2 amide bonds. The molecule has 222 valence electrons. The van der Waals surface area contributed by atoms with Gasteiger partial charge in [-0.25, -0.2) is 5.48 Å². The lowest BCUT2D eigenvalue weighted by Crippen LogP contribution is -2.57. The summed E-state index contributed by atoms with van der Waals surface area (Å²) >= 11 is 1.16. The van der Waals surface area contributed by atoms with E-state index in [-0.39, 0.29) is 24.1 Å². The van der Waals surface area contributed by atoms with Crippen LogP contribution in [0, 0.1) is 0 Å². The van der Waals surface area contributed by atoms with Crippen molar-refractivity contribution in [2.24, 2.45) is 4.99 Å². The van der Waals surface area contributed by atoms with Crippen LogP contribution in [0.3, 0.4) is 0 Å². The summed E-state index contributed by atoms with van der Waals surface area (Å²) in [5.74, 6) is -0.807. The molecule has 1 atom stereocenters. The smallest absolute Gasteiger partial charge is 0.347 e. The highest BCUT2D eigenvalue weighted by Crippen LogP contribution is 2.38. The number of rotatable bonds is 5. The highest BCUT2D eigenvalue weighted by molar-refractivity contribution is 8.18. The molecule has 3 aromatic rings. The summed E-state index contributed by atoms with van der Waals surface area (Å²) in [5.41, 5.74) is 0.200. The number of thioether (sulfide) groups is 1. The van der Waals surface area contributed by atoms with Gasteiger partial charge < -0.3 is 10.2 Å². The zero-order chi connectivity index (χ0) is 30.2. The first-order valence-corrected chi connectivity index (χ1v) is 13.2. The Balaban J connectivity index is 1.33. The maximum atomic E-state index is 13.6. The predicted molar refractivity (Wildman–Crippen MR) is 142 cm³/mol. The van der Waals surface area contributed by atoms with Gasteiger partial charge in [0, 0.05) is 25.0 Å². The molecule has 3 heterocycles. The first-order chi connectivity index (χ1) is 19.8. The standard InChI is InChI=1S/C26H22F6N6O3S/c1-41-36-22(39)19-13-37(7-6-33-19)24-35-23(40)21(42-24)9-14-2-5-20-16(8-14)11-34-38(20)12-15-3-4-17(25(27,28)29)10-18(15)26(30,31)32/h2-5,8-11,19,33H,6-7,12-13H2,1H3,(H,36,39)/b21-9+. The normalized spacial score (nSPS) is 19.1. The number of alkyl halides is 6. The number of hydroxylamine groups is 1. The lowest BCUT2D eigenvalue weighted by molar-refractivity contribution is -0.143. The Morgan fingerprint density at radius 3 is 2.67 bits per heavy atom. The van der Waals surface area contributed by atoms with Crippen molar-refractivity contribution in [3.05, 3.63) is 69.8 Å². The topological polar surface area (TPSA) is 101 Å². The maximum absolute atomic E-state index is 13.6. The van der Waals surface area contributed by atoms with Crippen LogP contribution in [-0.4, -0.2) is 64.4 Å². The Morgan fingerprint density at radius 1 is 1.17 bits per heavy atom. The molecule has 1 saturated heterocycles. The number of carbonyl (C=O) groups is 2. The van der Waals surface area contributed by atoms with Crippen molar-refractivity contribution in [1.29, 1.82) is 0 Å².